The number of rotatable bonds is 2. The van der Waals surface area contributed by atoms with Gasteiger partial charge in [0.15, 0.2) is 0 Å². The Kier molecular flexibility index (Phi) is 3.41. The minimum Gasteiger partial charge on any atom is -0.338 e. The number of carbonyl (C=O) groups is 1. The van der Waals surface area contributed by atoms with Crippen molar-refractivity contribution in [2.24, 2.45) is 0 Å². The van der Waals surface area contributed by atoms with Crippen LogP contribution >= 0.6 is 0 Å². The summed E-state index contributed by atoms with van der Waals surface area (Å²) < 4.78 is 0. The SMILES string of the molecule is CCNC(=O)Nc1cccc2c1CCNC2. The molecule has 4 heteroatoms. The van der Waals surface area contributed by atoms with Gasteiger partial charge in [-0.1, -0.05) is 12.1 Å². The molecule has 1 aliphatic rings. The van der Waals surface area contributed by atoms with Crippen LogP contribution in [0, 0.1) is 0 Å². The number of amides is 2. The normalized spacial score (nSPS) is 14.1. The van der Waals surface area contributed by atoms with Crippen LogP contribution < -0.4 is 16.0 Å². The number of carbonyl (C=O) groups excluding carboxylic acids is 1. The van der Waals surface area contributed by atoms with Gasteiger partial charge in [-0.25, -0.2) is 4.79 Å². The number of hydrogen-bond acceptors (Lipinski definition) is 2. The molecule has 0 fully saturated rings. The molecule has 0 aromatic heterocycles. The molecule has 0 spiro atoms. The van der Waals surface area contributed by atoms with Crippen LogP contribution in [0.15, 0.2) is 18.2 Å². The minimum atomic E-state index is -0.130. The maximum Gasteiger partial charge on any atom is 0.319 e. The van der Waals surface area contributed by atoms with E-state index in [1.807, 2.05) is 19.1 Å². The predicted octanol–water partition coefficient (Wildman–Crippen LogP) is 1.47. The average molecular weight is 219 g/mol. The van der Waals surface area contributed by atoms with Crippen LogP contribution in [-0.4, -0.2) is 19.1 Å². The molecular weight excluding hydrogens is 202 g/mol. The lowest BCUT2D eigenvalue weighted by molar-refractivity contribution is 0.252. The van der Waals surface area contributed by atoms with Crippen molar-refractivity contribution in [1.82, 2.24) is 10.6 Å². The largest absolute Gasteiger partial charge is 0.338 e. The third-order valence-electron chi connectivity index (χ3n) is 2.73. The van der Waals surface area contributed by atoms with E-state index in [4.69, 9.17) is 0 Å². The Bertz CT molecular complexity index is 390. The summed E-state index contributed by atoms with van der Waals surface area (Å²) >= 11 is 0. The van der Waals surface area contributed by atoms with Gasteiger partial charge in [0.1, 0.15) is 0 Å². The first-order chi connectivity index (χ1) is 7.81. The Morgan fingerprint density at radius 2 is 2.38 bits per heavy atom. The Morgan fingerprint density at radius 3 is 3.19 bits per heavy atom. The van der Waals surface area contributed by atoms with E-state index in [0.717, 1.165) is 25.2 Å². The van der Waals surface area contributed by atoms with Crippen molar-refractivity contribution in [2.45, 2.75) is 19.9 Å². The maximum atomic E-state index is 11.5. The highest BCUT2D eigenvalue weighted by molar-refractivity contribution is 5.90. The molecule has 0 unspecified atom stereocenters. The molecule has 0 atom stereocenters. The van der Waals surface area contributed by atoms with Crippen molar-refractivity contribution in [3.05, 3.63) is 29.3 Å². The molecule has 0 bridgehead atoms. The van der Waals surface area contributed by atoms with Gasteiger partial charge >= 0.3 is 6.03 Å². The van der Waals surface area contributed by atoms with E-state index in [-0.39, 0.29) is 6.03 Å². The highest BCUT2D eigenvalue weighted by atomic mass is 16.2. The van der Waals surface area contributed by atoms with Crippen molar-refractivity contribution in [1.29, 1.82) is 0 Å². The zero-order chi connectivity index (χ0) is 11.4. The van der Waals surface area contributed by atoms with Crippen LogP contribution in [-0.2, 0) is 13.0 Å². The highest BCUT2D eigenvalue weighted by Crippen LogP contribution is 2.22. The van der Waals surface area contributed by atoms with Crippen LogP contribution in [0.1, 0.15) is 18.1 Å². The number of hydrogen-bond donors (Lipinski definition) is 3. The monoisotopic (exact) mass is 219 g/mol. The van der Waals surface area contributed by atoms with Crippen LogP contribution in [0.5, 0.6) is 0 Å². The van der Waals surface area contributed by atoms with Crippen molar-refractivity contribution >= 4 is 11.7 Å². The second-order valence-electron chi connectivity index (χ2n) is 3.85. The molecule has 16 heavy (non-hydrogen) atoms. The van der Waals surface area contributed by atoms with Crippen LogP contribution in [0.25, 0.3) is 0 Å². The molecule has 1 aliphatic heterocycles. The molecule has 2 rings (SSSR count). The van der Waals surface area contributed by atoms with Gasteiger partial charge in [-0.2, -0.15) is 0 Å². The Labute approximate surface area is 95.4 Å². The van der Waals surface area contributed by atoms with Gasteiger partial charge < -0.3 is 16.0 Å². The lowest BCUT2D eigenvalue weighted by atomic mass is 9.99. The van der Waals surface area contributed by atoms with Gasteiger partial charge in [0, 0.05) is 18.8 Å². The van der Waals surface area contributed by atoms with E-state index < -0.39 is 0 Å². The molecule has 3 N–H and O–H groups in total. The summed E-state index contributed by atoms with van der Waals surface area (Å²) in [4.78, 5) is 11.5. The van der Waals surface area contributed by atoms with Gasteiger partial charge in [0.25, 0.3) is 0 Å². The molecule has 0 saturated heterocycles. The third kappa shape index (κ3) is 2.33. The Morgan fingerprint density at radius 1 is 1.50 bits per heavy atom. The summed E-state index contributed by atoms with van der Waals surface area (Å²) in [5.41, 5.74) is 3.47. The molecule has 0 aliphatic carbocycles. The first-order valence-electron chi connectivity index (χ1n) is 5.67. The second kappa shape index (κ2) is 4.99. The van der Waals surface area contributed by atoms with E-state index in [2.05, 4.69) is 22.0 Å². The lowest BCUT2D eigenvalue weighted by Gasteiger charge is -2.20. The lowest BCUT2D eigenvalue weighted by Crippen LogP contribution is -2.30. The van der Waals surface area contributed by atoms with E-state index in [1.165, 1.54) is 11.1 Å². The van der Waals surface area contributed by atoms with Crippen molar-refractivity contribution in [3.63, 3.8) is 0 Å². The zero-order valence-corrected chi connectivity index (χ0v) is 9.47. The maximum absolute atomic E-state index is 11.5. The zero-order valence-electron chi connectivity index (χ0n) is 9.47. The van der Waals surface area contributed by atoms with Crippen molar-refractivity contribution in [2.75, 3.05) is 18.4 Å². The molecule has 0 radical (unpaired) electrons. The quantitative estimate of drug-likeness (QED) is 0.705. The van der Waals surface area contributed by atoms with Gasteiger partial charge in [-0.3, -0.25) is 0 Å². The predicted molar refractivity (Wildman–Crippen MR) is 64.5 cm³/mol. The molecule has 4 nitrogen and oxygen atoms in total. The summed E-state index contributed by atoms with van der Waals surface area (Å²) in [5.74, 6) is 0. The first kappa shape index (κ1) is 11.0. The van der Waals surface area contributed by atoms with Gasteiger partial charge in [-0.05, 0) is 37.1 Å². The molecular formula is C12H17N3O. The smallest absolute Gasteiger partial charge is 0.319 e. The van der Waals surface area contributed by atoms with E-state index >= 15 is 0 Å². The Balaban J connectivity index is 2.17. The number of anilines is 1. The van der Waals surface area contributed by atoms with E-state index in [0.29, 0.717) is 6.54 Å². The average Bonchev–Trinajstić information content (AvgIpc) is 2.30. The number of urea groups is 1. The number of benzene rings is 1. The molecule has 1 aromatic rings. The summed E-state index contributed by atoms with van der Waals surface area (Å²) in [5, 5.41) is 8.95. The highest BCUT2D eigenvalue weighted by Gasteiger charge is 2.13. The Hall–Kier alpha value is -1.55. The van der Waals surface area contributed by atoms with E-state index in [9.17, 15) is 4.79 Å². The van der Waals surface area contributed by atoms with Crippen LogP contribution in [0.4, 0.5) is 10.5 Å². The first-order valence-corrected chi connectivity index (χ1v) is 5.67. The van der Waals surface area contributed by atoms with Gasteiger partial charge in [-0.15, -0.1) is 0 Å². The molecule has 0 saturated carbocycles. The molecule has 86 valence electrons. The van der Waals surface area contributed by atoms with Gasteiger partial charge in [0.2, 0.25) is 0 Å². The standard InChI is InChI=1S/C12H17N3O/c1-2-14-12(16)15-11-5-3-4-9-8-13-7-6-10(9)11/h3-5,13H,2,6-8H2,1H3,(H2,14,15,16). The summed E-state index contributed by atoms with van der Waals surface area (Å²) in [7, 11) is 0. The molecule has 1 heterocycles. The topological polar surface area (TPSA) is 53.2 Å². The summed E-state index contributed by atoms with van der Waals surface area (Å²) in [6.45, 7) is 4.41. The molecule has 1 aromatic carbocycles. The second-order valence-corrected chi connectivity index (χ2v) is 3.85. The summed E-state index contributed by atoms with van der Waals surface area (Å²) in [6, 6.07) is 5.91. The molecule has 2 amide bonds. The third-order valence-corrected chi connectivity index (χ3v) is 2.73. The fourth-order valence-electron chi connectivity index (χ4n) is 1.98. The van der Waals surface area contributed by atoms with Crippen LogP contribution in [0.3, 0.4) is 0 Å². The van der Waals surface area contributed by atoms with Gasteiger partial charge in [0.05, 0.1) is 0 Å². The van der Waals surface area contributed by atoms with E-state index in [1.54, 1.807) is 0 Å². The van der Waals surface area contributed by atoms with Crippen LogP contribution in [0.2, 0.25) is 0 Å². The number of nitrogens with one attached hydrogen (secondary N) is 3. The fraction of sp³-hybridized carbons (Fsp3) is 0.417. The fourth-order valence-corrected chi connectivity index (χ4v) is 1.98. The minimum absolute atomic E-state index is 0.130. The van der Waals surface area contributed by atoms with Crippen molar-refractivity contribution < 1.29 is 4.79 Å². The number of fused-ring (bicyclic) bond motifs is 1. The van der Waals surface area contributed by atoms with Crippen molar-refractivity contribution in [3.8, 4) is 0 Å². The summed E-state index contributed by atoms with van der Waals surface area (Å²) in [6.07, 6.45) is 0.970.